The molecule has 2 rings (SSSR count). The van der Waals surface area contributed by atoms with E-state index in [1.54, 1.807) is 0 Å². The Morgan fingerprint density at radius 3 is 2.50 bits per heavy atom. The first-order valence-corrected chi connectivity index (χ1v) is 8.45. The summed E-state index contributed by atoms with van der Waals surface area (Å²) < 4.78 is 26.6. The molecule has 0 atom stereocenters. The van der Waals surface area contributed by atoms with Crippen LogP contribution >= 0.6 is 11.3 Å². The van der Waals surface area contributed by atoms with Crippen molar-refractivity contribution in [3.63, 3.8) is 0 Å². The number of piperazine rings is 1. The molecule has 1 aliphatic rings. The smallest absolute Gasteiger partial charge is 0.345 e. The van der Waals surface area contributed by atoms with Crippen molar-refractivity contribution < 1.29 is 18.3 Å². The SMILES string of the molecule is CN1CCN(S(=O)(=O)c2ccc(C(=O)O)s2)CC1(C)C. The van der Waals surface area contributed by atoms with Gasteiger partial charge in [0.15, 0.2) is 0 Å². The van der Waals surface area contributed by atoms with Crippen molar-refractivity contribution in [3.05, 3.63) is 17.0 Å². The van der Waals surface area contributed by atoms with E-state index in [9.17, 15) is 13.2 Å². The van der Waals surface area contributed by atoms with Crippen molar-refractivity contribution >= 4 is 27.3 Å². The minimum atomic E-state index is -3.61. The molecule has 0 aliphatic carbocycles. The Balaban J connectivity index is 2.28. The van der Waals surface area contributed by atoms with Gasteiger partial charge in [-0.25, -0.2) is 13.2 Å². The predicted octanol–water partition coefficient (Wildman–Crippen LogP) is 1.16. The van der Waals surface area contributed by atoms with Crippen molar-refractivity contribution in [2.45, 2.75) is 23.6 Å². The van der Waals surface area contributed by atoms with Gasteiger partial charge in [0.1, 0.15) is 9.09 Å². The van der Waals surface area contributed by atoms with E-state index in [0.717, 1.165) is 11.3 Å². The maximum absolute atomic E-state index is 12.5. The van der Waals surface area contributed by atoms with Crippen LogP contribution in [-0.4, -0.2) is 60.9 Å². The maximum Gasteiger partial charge on any atom is 0.345 e. The Hall–Kier alpha value is -0.960. The molecule has 0 unspecified atom stereocenters. The summed E-state index contributed by atoms with van der Waals surface area (Å²) in [5.41, 5.74) is -0.238. The van der Waals surface area contributed by atoms with Crippen LogP contribution in [0.3, 0.4) is 0 Å². The fraction of sp³-hybridized carbons (Fsp3) is 0.583. The second-order valence-electron chi connectivity index (χ2n) is 5.50. The van der Waals surface area contributed by atoms with Gasteiger partial charge in [0.05, 0.1) is 0 Å². The monoisotopic (exact) mass is 318 g/mol. The number of hydrogen-bond donors (Lipinski definition) is 1. The average Bonchev–Trinajstić information content (AvgIpc) is 2.82. The number of likely N-dealkylation sites (N-methyl/N-ethyl adjacent to an activating group) is 1. The number of hydrogen-bond acceptors (Lipinski definition) is 5. The van der Waals surface area contributed by atoms with E-state index in [2.05, 4.69) is 4.90 Å². The van der Waals surface area contributed by atoms with E-state index in [1.165, 1.54) is 16.4 Å². The summed E-state index contributed by atoms with van der Waals surface area (Å²) in [6.45, 7) is 5.45. The molecular formula is C12H18N2O4S2. The van der Waals surface area contributed by atoms with Gasteiger partial charge in [-0.1, -0.05) is 0 Å². The fourth-order valence-electron chi connectivity index (χ4n) is 2.10. The lowest BCUT2D eigenvalue weighted by molar-refractivity contribution is 0.0702. The molecule has 8 heteroatoms. The van der Waals surface area contributed by atoms with E-state index < -0.39 is 16.0 Å². The number of sulfonamides is 1. The standard InChI is InChI=1S/C12H18N2O4S2/c1-12(2)8-14(7-6-13(12)3)20(17,18)10-5-4-9(19-10)11(15)16/h4-5H,6-8H2,1-3H3,(H,15,16). The number of carboxylic acid groups (broad SMARTS) is 1. The van der Waals surface area contributed by atoms with E-state index in [4.69, 9.17) is 5.11 Å². The van der Waals surface area contributed by atoms with Crippen LogP contribution in [0.1, 0.15) is 23.5 Å². The van der Waals surface area contributed by atoms with Crippen LogP contribution in [0.25, 0.3) is 0 Å². The molecule has 2 heterocycles. The largest absolute Gasteiger partial charge is 0.477 e. The topological polar surface area (TPSA) is 77.9 Å². The molecule has 0 radical (unpaired) electrons. The van der Waals surface area contributed by atoms with Gasteiger partial charge in [-0.3, -0.25) is 4.90 Å². The van der Waals surface area contributed by atoms with E-state index in [-0.39, 0.29) is 14.6 Å². The molecule has 0 saturated carbocycles. The fourth-order valence-corrected chi connectivity index (χ4v) is 4.99. The predicted molar refractivity (Wildman–Crippen MR) is 76.7 cm³/mol. The third kappa shape index (κ3) is 2.73. The van der Waals surface area contributed by atoms with Gasteiger partial charge in [-0.2, -0.15) is 4.31 Å². The molecule has 0 bridgehead atoms. The molecule has 1 aromatic heterocycles. The molecule has 0 spiro atoms. The Labute approximate surface area is 122 Å². The third-order valence-corrected chi connectivity index (χ3v) is 7.05. The Morgan fingerprint density at radius 2 is 2.00 bits per heavy atom. The molecule has 1 saturated heterocycles. The van der Waals surface area contributed by atoms with Crippen LogP contribution in [0.15, 0.2) is 16.3 Å². The van der Waals surface area contributed by atoms with Crippen LogP contribution in [0, 0.1) is 0 Å². The molecule has 0 aromatic carbocycles. The van der Waals surface area contributed by atoms with Crippen molar-refractivity contribution in [2.24, 2.45) is 0 Å². The lowest BCUT2D eigenvalue weighted by Gasteiger charge is -2.44. The normalized spacial score (nSPS) is 20.9. The second kappa shape index (κ2) is 5.10. The molecule has 6 nitrogen and oxygen atoms in total. The molecule has 1 aromatic rings. The minimum absolute atomic E-state index is 0.0389. The molecule has 1 N–H and O–H groups in total. The summed E-state index contributed by atoms with van der Waals surface area (Å²) in [5.74, 6) is -1.10. The van der Waals surface area contributed by atoms with Crippen LogP contribution in [-0.2, 0) is 10.0 Å². The third-order valence-electron chi connectivity index (χ3n) is 3.67. The summed E-state index contributed by atoms with van der Waals surface area (Å²) in [6, 6.07) is 2.70. The molecular weight excluding hydrogens is 300 g/mol. The molecule has 1 fully saturated rings. The molecule has 1 aliphatic heterocycles. The summed E-state index contributed by atoms with van der Waals surface area (Å²) in [7, 11) is -1.64. The van der Waals surface area contributed by atoms with E-state index in [1.807, 2.05) is 20.9 Å². The van der Waals surface area contributed by atoms with Crippen LogP contribution in [0.4, 0.5) is 0 Å². The zero-order valence-electron chi connectivity index (χ0n) is 11.7. The highest BCUT2D eigenvalue weighted by Crippen LogP contribution is 2.28. The summed E-state index contributed by atoms with van der Waals surface area (Å²) in [6.07, 6.45) is 0. The Morgan fingerprint density at radius 1 is 1.35 bits per heavy atom. The van der Waals surface area contributed by atoms with Gasteiger partial charge in [0.25, 0.3) is 10.0 Å². The summed E-state index contributed by atoms with van der Waals surface area (Å²) in [4.78, 5) is 13.0. The Kier molecular flexibility index (Phi) is 3.94. The first-order valence-electron chi connectivity index (χ1n) is 6.19. The lowest BCUT2D eigenvalue weighted by atomic mass is 10.0. The highest BCUT2D eigenvalue weighted by molar-refractivity contribution is 7.91. The zero-order chi connectivity index (χ0) is 15.1. The number of thiophene rings is 1. The average molecular weight is 318 g/mol. The first-order chi connectivity index (χ1) is 9.14. The maximum atomic E-state index is 12.5. The van der Waals surface area contributed by atoms with Gasteiger partial charge in [-0.05, 0) is 33.0 Å². The van der Waals surface area contributed by atoms with Gasteiger partial charge in [-0.15, -0.1) is 11.3 Å². The van der Waals surface area contributed by atoms with E-state index in [0.29, 0.717) is 19.6 Å². The second-order valence-corrected chi connectivity index (χ2v) is 8.74. The summed E-state index contributed by atoms with van der Waals surface area (Å²) in [5, 5.41) is 8.89. The van der Waals surface area contributed by atoms with Gasteiger partial charge in [0, 0.05) is 25.2 Å². The molecule has 20 heavy (non-hydrogen) atoms. The highest BCUT2D eigenvalue weighted by atomic mass is 32.2. The number of carboxylic acids is 1. The van der Waals surface area contributed by atoms with Gasteiger partial charge < -0.3 is 5.11 Å². The van der Waals surface area contributed by atoms with Gasteiger partial charge in [0.2, 0.25) is 0 Å². The van der Waals surface area contributed by atoms with E-state index >= 15 is 0 Å². The Bertz CT molecular complexity index is 621. The number of nitrogens with zero attached hydrogens (tertiary/aromatic N) is 2. The minimum Gasteiger partial charge on any atom is -0.477 e. The van der Waals surface area contributed by atoms with Crippen LogP contribution in [0.2, 0.25) is 0 Å². The van der Waals surface area contributed by atoms with Crippen molar-refractivity contribution in [1.82, 2.24) is 9.21 Å². The number of rotatable bonds is 3. The zero-order valence-corrected chi connectivity index (χ0v) is 13.3. The van der Waals surface area contributed by atoms with Crippen molar-refractivity contribution in [1.29, 1.82) is 0 Å². The lowest BCUT2D eigenvalue weighted by Crippen LogP contribution is -2.58. The first kappa shape index (κ1) is 15.4. The number of carbonyl (C=O) groups is 1. The number of aromatic carboxylic acids is 1. The highest BCUT2D eigenvalue weighted by Gasteiger charge is 2.37. The molecule has 0 amide bonds. The van der Waals surface area contributed by atoms with Crippen LogP contribution < -0.4 is 0 Å². The molecule has 112 valence electrons. The quantitative estimate of drug-likeness (QED) is 0.905. The summed E-state index contributed by atoms with van der Waals surface area (Å²) >= 11 is 0.800. The van der Waals surface area contributed by atoms with Crippen LogP contribution in [0.5, 0.6) is 0 Å². The van der Waals surface area contributed by atoms with Gasteiger partial charge >= 0.3 is 5.97 Å². The van der Waals surface area contributed by atoms with Crippen molar-refractivity contribution in [2.75, 3.05) is 26.7 Å². The van der Waals surface area contributed by atoms with Crippen molar-refractivity contribution in [3.8, 4) is 0 Å².